The third kappa shape index (κ3) is 5.95. The molecule has 1 fully saturated rings. The van der Waals surface area contributed by atoms with E-state index in [1.165, 1.54) is 11.1 Å². The molecule has 4 rings (SSSR count). The van der Waals surface area contributed by atoms with Gasteiger partial charge in [-0.2, -0.15) is 5.10 Å². The molecular weight excluding hydrogens is 388 g/mol. The van der Waals surface area contributed by atoms with E-state index in [2.05, 4.69) is 24.3 Å². The molecule has 0 aromatic heterocycles. The zero-order valence-electron chi connectivity index (χ0n) is 17.6. The van der Waals surface area contributed by atoms with Crippen molar-refractivity contribution in [2.24, 2.45) is 11.0 Å². The summed E-state index contributed by atoms with van der Waals surface area (Å²) in [5.74, 6) is 0.824. The fourth-order valence-corrected chi connectivity index (χ4v) is 3.23. The molecule has 0 atom stereocenters. The van der Waals surface area contributed by atoms with Gasteiger partial charge in [-0.3, -0.25) is 9.80 Å². The molecule has 0 N–H and O–H groups in total. The molecule has 5 heteroatoms. The van der Waals surface area contributed by atoms with E-state index in [4.69, 9.17) is 14.6 Å². The second-order valence-electron chi connectivity index (χ2n) is 7.64. The van der Waals surface area contributed by atoms with Gasteiger partial charge in [0, 0.05) is 0 Å². The topological polar surface area (TPSA) is 51.1 Å². The van der Waals surface area contributed by atoms with Crippen LogP contribution in [0, 0.1) is 5.92 Å². The Hall–Kier alpha value is -3.60. The van der Waals surface area contributed by atoms with Crippen molar-refractivity contribution in [3.05, 3.63) is 95.6 Å². The van der Waals surface area contributed by atoms with Crippen LogP contribution in [0.15, 0.2) is 84.0 Å². The van der Waals surface area contributed by atoms with Crippen molar-refractivity contribution in [1.82, 2.24) is 5.01 Å². The van der Waals surface area contributed by atoms with Crippen LogP contribution in [0.25, 0.3) is 0 Å². The summed E-state index contributed by atoms with van der Waals surface area (Å²) in [5.41, 5.74) is 3.25. The number of ether oxygens (including phenoxy) is 2. The van der Waals surface area contributed by atoms with E-state index >= 15 is 0 Å². The molecule has 1 aliphatic carbocycles. The zero-order chi connectivity index (χ0) is 21.5. The fourth-order valence-electron chi connectivity index (χ4n) is 3.23. The van der Waals surface area contributed by atoms with Crippen LogP contribution in [-0.4, -0.2) is 24.3 Å². The molecule has 0 saturated heterocycles. The van der Waals surface area contributed by atoms with Crippen LogP contribution in [0.2, 0.25) is 0 Å². The normalized spacial score (nSPS) is 13.2. The van der Waals surface area contributed by atoms with E-state index < -0.39 is 0 Å². The molecule has 0 bridgehead atoms. The molecule has 1 saturated carbocycles. The Kier molecular flexibility index (Phi) is 6.62. The second kappa shape index (κ2) is 9.94. The first-order chi connectivity index (χ1) is 15.2. The lowest BCUT2D eigenvalue weighted by Gasteiger charge is -2.19. The van der Waals surface area contributed by atoms with Gasteiger partial charge in [-0.25, -0.2) is 0 Å². The van der Waals surface area contributed by atoms with Gasteiger partial charge in [-0.15, -0.1) is 0 Å². The van der Waals surface area contributed by atoms with Gasteiger partial charge in [-0.1, -0.05) is 60.7 Å². The Bertz CT molecular complexity index is 990. The van der Waals surface area contributed by atoms with Crippen LogP contribution in [0.3, 0.4) is 0 Å². The van der Waals surface area contributed by atoms with E-state index in [0.29, 0.717) is 24.6 Å². The van der Waals surface area contributed by atoms with Crippen molar-refractivity contribution >= 4 is 12.2 Å². The van der Waals surface area contributed by atoms with Crippen LogP contribution < -0.4 is 9.47 Å². The maximum absolute atomic E-state index is 12.0. The van der Waals surface area contributed by atoms with Crippen LogP contribution in [0.5, 0.6) is 11.5 Å². The maximum atomic E-state index is 12.0. The molecule has 31 heavy (non-hydrogen) atoms. The summed E-state index contributed by atoms with van der Waals surface area (Å²) in [6, 6.07) is 26.0. The summed E-state index contributed by atoms with van der Waals surface area (Å²) in [4.78, 5) is 12.0. The third-order valence-corrected chi connectivity index (χ3v) is 5.09. The van der Waals surface area contributed by atoms with Crippen LogP contribution in [-0.2, 0) is 17.9 Å². The van der Waals surface area contributed by atoms with Crippen molar-refractivity contribution in [3.8, 4) is 11.5 Å². The van der Waals surface area contributed by atoms with Crippen LogP contribution in [0.1, 0.15) is 29.5 Å². The van der Waals surface area contributed by atoms with Crippen molar-refractivity contribution in [2.75, 3.05) is 7.11 Å². The SMILES string of the molecule is COc1cc(/C=N\N(Cc2ccccc2)Cc2ccccc2)ccc1OC(=O)C1CC1. The number of carbonyl (C=O) groups is 1. The second-order valence-corrected chi connectivity index (χ2v) is 7.64. The van der Waals surface area contributed by atoms with E-state index in [-0.39, 0.29) is 11.9 Å². The monoisotopic (exact) mass is 414 g/mol. The van der Waals surface area contributed by atoms with E-state index in [9.17, 15) is 4.79 Å². The molecule has 0 aliphatic heterocycles. The lowest BCUT2D eigenvalue weighted by molar-refractivity contribution is -0.135. The number of rotatable bonds is 9. The van der Waals surface area contributed by atoms with Crippen molar-refractivity contribution in [3.63, 3.8) is 0 Å². The molecular formula is C26H26N2O3. The number of methoxy groups -OCH3 is 1. The largest absolute Gasteiger partial charge is 0.493 e. The first-order valence-corrected chi connectivity index (χ1v) is 10.5. The lowest BCUT2D eigenvalue weighted by atomic mass is 10.2. The van der Waals surface area contributed by atoms with Crippen molar-refractivity contribution < 1.29 is 14.3 Å². The number of esters is 1. The van der Waals surface area contributed by atoms with Crippen molar-refractivity contribution in [2.45, 2.75) is 25.9 Å². The van der Waals surface area contributed by atoms with Gasteiger partial charge in [0.2, 0.25) is 0 Å². The number of hydrogen-bond donors (Lipinski definition) is 0. The summed E-state index contributed by atoms with van der Waals surface area (Å²) in [6.45, 7) is 1.39. The molecule has 3 aromatic rings. The van der Waals surface area contributed by atoms with Gasteiger partial charge in [0.25, 0.3) is 0 Å². The van der Waals surface area contributed by atoms with E-state index in [0.717, 1.165) is 18.4 Å². The standard InChI is InChI=1S/C26H26N2O3/c1-30-25-16-22(12-15-24(25)31-26(29)23-13-14-23)17-27-28(18-20-8-4-2-5-9-20)19-21-10-6-3-7-11-21/h2-12,15-17,23H,13-14,18-19H2,1H3/b27-17-. The quantitative estimate of drug-likeness (QED) is 0.213. The first kappa shape index (κ1) is 20.7. The molecule has 3 aromatic carbocycles. The summed E-state index contributed by atoms with van der Waals surface area (Å²) in [6.07, 6.45) is 3.62. The third-order valence-electron chi connectivity index (χ3n) is 5.09. The van der Waals surface area contributed by atoms with Gasteiger partial charge < -0.3 is 9.47 Å². The summed E-state index contributed by atoms with van der Waals surface area (Å²) in [5, 5.41) is 6.76. The molecule has 0 radical (unpaired) electrons. The zero-order valence-corrected chi connectivity index (χ0v) is 17.6. The smallest absolute Gasteiger partial charge is 0.314 e. The Morgan fingerprint density at radius 1 is 0.935 bits per heavy atom. The Labute approximate surface area is 182 Å². The summed E-state index contributed by atoms with van der Waals surface area (Å²) < 4.78 is 10.9. The number of hydrazone groups is 1. The predicted octanol–water partition coefficient (Wildman–Crippen LogP) is 5.05. The van der Waals surface area contributed by atoms with Gasteiger partial charge in [0.15, 0.2) is 11.5 Å². The minimum atomic E-state index is -0.184. The minimum Gasteiger partial charge on any atom is -0.493 e. The average molecular weight is 415 g/mol. The average Bonchev–Trinajstić information content (AvgIpc) is 3.65. The van der Waals surface area contributed by atoms with Gasteiger partial charge >= 0.3 is 5.97 Å². The van der Waals surface area contributed by atoms with Gasteiger partial charge in [-0.05, 0) is 47.7 Å². The molecule has 158 valence electrons. The molecule has 0 unspecified atom stereocenters. The number of carbonyl (C=O) groups excluding carboxylic acids is 1. The highest BCUT2D eigenvalue weighted by molar-refractivity contribution is 5.82. The fraction of sp³-hybridized carbons (Fsp3) is 0.231. The highest BCUT2D eigenvalue weighted by Crippen LogP contribution is 2.34. The number of nitrogens with zero attached hydrogens (tertiary/aromatic N) is 2. The number of benzene rings is 3. The Morgan fingerprint density at radius 3 is 2.10 bits per heavy atom. The summed E-state index contributed by atoms with van der Waals surface area (Å²) in [7, 11) is 1.57. The summed E-state index contributed by atoms with van der Waals surface area (Å²) >= 11 is 0. The first-order valence-electron chi connectivity index (χ1n) is 10.5. The molecule has 0 spiro atoms. The van der Waals surface area contributed by atoms with Gasteiger partial charge in [0.05, 0.1) is 32.3 Å². The van der Waals surface area contributed by atoms with Crippen LogP contribution >= 0.6 is 0 Å². The molecule has 0 amide bonds. The van der Waals surface area contributed by atoms with Crippen LogP contribution in [0.4, 0.5) is 0 Å². The maximum Gasteiger partial charge on any atom is 0.314 e. The van der Waals surface area contributed by atoms with Gasteiger partial charge in [0.1, 0.15) is 0 Å². The Morgan fingerprint density at radius 2 is 1.55 bits per heavy atom. The Balaban J connectivity index is 1.50. The highest BCUT2D eigenvalue weighted by Gasteiger charge is 2.32. The molecule has 5 nitrogen and oxygen atoms in total. The van der Waals surface area contributed by atoms with Crippen molar-refractivity contribution in [1.29, 1.82) is 0 Å². The van der Waals surface area contributed by atoms with E-state index in [1.54, 1.807) is 19.4 Å². The highest BCUT2D eigenvalue weighted by atomic mass is 16.6. The molecule has 1 aliphatic rings. The molecule has 0 heterocycles. The predicted molar refractivity (Wildman–Crippen MR) is 121 cm³/mol. The number of hydrogen-bond acceptors (Lipinski definition) is 5. The minimum absolute atomic E-state index is 0.0375. The lowest BCUT2D eigenvalue weighted by Crippen LogP contribution is -2.17. The van der Waals surface area contributed by atoms with E-state index in [1.807, 2.05) is 53.5 Å².